The molecule has 2 aromatic heterocycles. The molecule has 2 heterocycles. The summed E-state index contributed by atoms with van der Waals surface area (Å²) in [6, 6.07) is 11.6. The quantitative estimate of drug-likeness (QED) is 0.316. The molecule has 2 aromatic carbocycles. The largest absolute Gasteiger partial charge is 0.494 e. The lowest BCUT2D eigenvalue weighted by atomic mass is 10.1. The number of benzene rings is 2. The molecule has 0 aliphatic heterocycles. The Morgan fingerprint density at radius 2 is 1.97 bits per heavy atom. The molecule has 1 amide bonds. The van der Waals surface area contributed by atoms with Crippen molar-refractivity contribution in [2.45, 2.75) is 0 Å². The molecule has 0 unspecified atom stereocenters. The zero-order valence-corrected chi connectivity index (χ0v) is 21.8. The molecule has 0 saturated carbocycles. The van der Waals surface area contributed by atoms with Gasteiger partial charge in [-0.3, -0.25) is 9.48 Å². The highest BCUT2D eigenvalue weighted by molar-refractivity contribution is 6.02. The van der Waals surface area contributed by atoms with Crippen LogP contribution < -0.4 is 20.3 Å². The summed E-state index contributed by atoms with van der Waals surface area (Å²) in [6.07, 6.45) is 4.78. The van der Waals surface area contributed by atoms with Crippen molar-refractivity contribution in [2.75, 3.05) is 56.9 Å². The second-order valence-electron chi connectivity index (χ2n) is 8.88. The van der Waals surface area contributed by atoms with Crippen LogP contribution in [0.4, 0.5) is 23.0 Å². The first-order valence-electron chi connectivity index (χ1n) is 11.8. The fourth-order valence-corrected chi connectivity index (χ4v) is 4.00. The van der Waals surface area contributed by atoms with Crippen molar-refractivity contribution in [3.63, 3.8) is 0 Å². The van der Waals surface area contributed by atoms with Gasteiger partial charge < -0.3 is 25.2 Å². The van der Waals surface area contributed by atoms with Crippen LogP contribution in [0.15, 0.2) is 61.4 Å². The number of likely N-dealkylation sites (N-methyl/N-ethyl adjacent to an activating group) is 2. The fourth-order valence-electron chi connectivity index (χ4n) is 4.00. The van der Waals surface area contributed by atoms with Crippen LogP contribution in [-0.2, 0) is 11.8 Å². The molecular formula is C27H32N8O2. The fraction of sp³-hybridized carbons (Fsp3) is 0.259. The van der Waals surface area contributed by atoms with Crippen molar-refractivity contribution >= 4 is 39.8 Å². The van der Waals surface area contributed by atoms with E-state index in [1.54, 1.807) is 13.3 Å². The molecule has 0 fully saturated rings. The Kier molecular flexibility index (Phi) is 7.69. The minimum absolute atomic E-state index is 0.304. The van der Waals surface area contributed by atoms with Crippen molar-refractivity contribution in [1.29, 1.82) is 0 Å². The predicted octanol–water partition coefficient (Wildman–Crippen LogP) is 3.90. The van der Waals surface area contributed by atoms with Crippen molar-refractivity contribution < 1.29 is 9.53 Å². The number of fused-ring (bicyclic) bond motifs is 1. The van der Waals surface area contributed by atoms with Crippen LogP contribution in [0.1, 0.15) is 0 Å². The van der Waals surface area contributed by atoms with Gasteiger partial charge in [0.15, 0.2) is 0 Å². The molecule has 2 N–H and O–H groups in total. The standard InChI is InChI=1S/C27H32N8O2/c1-7-26(36)30-21-15-22(25(37-6)16-24(21)34(4)14-13-33(2)3)32-27-28-12-11-20(31-27)18-9-8-10-23-19(18)17-29-35(23)5/h7-12,15-17H,1,13-14H2,2-6H3,(H,30,36)(H,28,31,32). The van der Waals surface area contributed by atoms with Crippen LogP contribution >= 0.6 is 0 Å². The number of nitrogens with one attached hydrogen (secondary N) is 2. The van der Waals surface area contributed by atoms with E-state index in [-0.39, 0.29) is 5.91 Å². The third-order valence-electron chi connectivity index (χ3n) is 6.02. The molecule has 10 heteroatoms. The number of aromatic nitrogens is 4. The Hall–Kier alpha value is -4.44. The Morgan fingerprint density at radius 1 is 1.16 bits per heavy atom. The highest BCUT2D eigenvalue weighted by Gasteiger charge is 2.17. The summed E-state index contributed by atoms with van der Waals surface area (Å²) in [4.78, 5) is 25.6. The zero-order chi connectivity index (χ0) is 26.5. The molecule has 0 atom stereocenters. The average molecular weight is 501 g/mol. The Labute approximate surface area is 216 Å². The Balaban J connectivity index is 1.71. The van der Waals surface area contributed by atoms with Gasteiger partial charge >= 0.3 is 0 Å². The molecule has 10 nitrogen and oxygen atoms in total. The third-order valence-corrected chi connectivity index (χ3v) is 6.02. The third kappa shape index (κ3) is 5.70. The first-order valence-corrected chi connectivity index (χ1v) is 11.8. The Morgan fingerprint density at radius 3 is 2.70 bits per heavy atom. The number of nitrogens with zero attached hydrogens (tertiary/aromatic N) is 6. The summed E-state index contributed by atoms with van der Waals surface area (Å²) in [5.41, 5.74) is 4.78. The molecule has 0 spiro atoms. The maximum atomic E-state index is 12.2. The second kappa shape index (κ2) is 11.1. The van der Waals surface area contributed by atoms with Gasteiger partial charge in [-0.15, -0.1) is 0 Å². The van der Waals surface area contributed by atoms with Crippen molar-refractivity contribution in [3.8, 4) is 17.0 Å². The number of carbonyl (C=O) groups excluding carboxylic acids is 1. The summed E-state index contributed by atoms with van der Waals surface area (Å²) < 4.78 is 7.53. The molecule has 0 saturated heterocycles. The number of carbonyl (C=O) groups is 1. The number of anilines is 4. The van der Waals surface area contributed by atoms with Gasteiger partial charge in [-0.25, -0.2) is 9.97 Å². The van der Waals surface area contributed by atoms with E-state index in [2.05, 4.69) is 37.1 Å². The van der Waals surface area contributed by atoms with E-state index in [1.165, 1.54) is 6.08 Å². The van der Waals surface area contributed by atoms with Gasteiger partial charge in [0, 0.05) is 50.4 Å². The monoisotopic (exact) mass is 500 g/mol. The van der Waals surface area contributed by atoms with Crippen LogP contribution in [0.3, 0.4) is 0 Å². The first kappa shape index (κ1) is 25.6. The number of hydrogen-bond acceptors (Lipinski definition) is 8. The van der Waals surface area contributed by atoms with E-state index in [0.29, 0.717) is 23.1 Å². The number of methoxy groups -OCH3 is 1. The zero-order valence-electron chi connectivity index (χ0n) is 21.8. The predicted molar refractivity (Wildman–Crippen MR) is 149 cm³/mol. The topological polar surface area (TPSA) is 100 Å². The number of aryl methyl sites for hydroxylation is 1. The average Bonchev–Trinajstić information content (AvgIpc) is 3.28. The van der Waals surface area contributed by atoms with E-state index in [9.17, 15) is 4.79 Å². The minimum atomic E-state index is -0.304. The molecule has 4 aromatic rings. The maximum absolute atomic E-state index is 12.2. The molecule has 192 valence electrons. The summed E-state index contributed by atoms with van der Waals surface area (Å²) >= 11 is 0. The number of ether oxygens (including phenoxy) is 1. The van der Waals surface area contributed by atoms with Crippen molar-refractivity contribution in [3.05, 3.63) is 61.4 Å². The van der Waals surface area contributed by atoms with E-state index in [1.807, 2.05) is 75.5 Å². The van der Waals surface area contributed by atoms with Gasteiger partial charge in [0.05, 0.1) is 41.6 Å². The summed E-state index contributed by atoms with van der Waals surface area (Å²) in [5, 5.41) is 11.6. The molecule has 0 bridgehead atoms. The van der Waals surface area contributed by atoms with E-state index in [4.69, 9.17) is 9.72 Å². The van der Waals surface area contributed by atoms with Gasteiger partial charge in [0.25, 0.3) is 0 Å². The minimum Gasteiger partial charge on any atom is -0.494 e. The lowest BCUT2D eigenvalue weighted by molar-refractivity contribution is -0.111. The normalized spacial score (nSPS) is 11.0. The molecule has 0 aliphatic rings. The van der Waals surface area contributed by atoms with E-state index < -0.39 is 0 Å². The van der Waals surface area contributed by atoms with Crippen molar-refractivity contribution in [1.82, 2.24) is 24.6 Å². The lowest BCUT2D eigenvalue weighted by Gasteiger charge is -2.26. The first-order chi connectivity index (χ1) is 17.8. The van der Waals surface area contributed by atoms with E-state index in [0.717, 1.165) is 40.9 Å². The molecule has 0 aliphatic carbocycles. The summed E-state index contributed by atoms with van der Waals surface area (Å²) in [6.45, 7) is 5.18. The summed E-state index contributed by atoms with van der Waals surface area (Å²) in [5.74, 6) is 0.680. The molecule has 37 heavy (non-hydrogen) atoms. The summed E-state index contributed by atoms with van der Waals surface area (Å²) in [7, 11) is 9.53. The maximum Gasteiger partial charge on any atom is 0.247 e. The number of rotatable bonds is 10. The molecule has 0 radical (unpaired) electrons. The molecule has 4 rings (SSSR count). The Bertz CT molecular complexity index is 1430. The SMILES string of the molecule is C=CC(=O)Nc1cc(Nc2nccc(-c3cccc4c3cnn4C)n2)c(OC)cc1N(C)CCN(C)C. The lowest BCUT2D eigenvalue weighted by Crippen LogP contribution is -2.29. The van der Waals surface area contributed by atoms with Gasteiger partial charge in [-0.05, 0) is 38.4 Å². The van der Waals surface area contributed by atoms with Crippen molar-refractivity contribution in [2.24, 2.45) is 7.05 Å². The van der Waals surface area contributed by atoms with Gasteiger partial charge in [-0.1, -0.05) is 18.7 Å². The number of hydrogen-bond donors (Lipinski definition) is 2. The van der Waals surface area contributed by atoms with Crippen LogP contribution in [0.2, 0.25) is 0 Å². The highest BCUT2D eigenvalue weighted by Crippen LogP contribution is 2.38. The van der Waals surface area contributed by atoms with Gasteiger partial charge in [0.1, 0.15) is 5.75 Å². The van der Waals surface area contributed by atoms with Crippen LogP contribution in [0, 0.1) is 0 Å². The van der Waals surface area contributed by atoms with Crippen LogP contribution in [0.25, 0.3) is 22.2 Å². The van der Waals surface area contributed by atoms with Gasteiger partial charge in [0.2, 0.25) is 11.9 Å². The number of amides is 1. The smallest absolute Gasteiger partial charge is 0.247 e. The van der Waals surface area contributed by atoms with Crippen LogP contribution in [0.5, 0.6) is 5.75 Å². The molecular weight excluding hydrogens is 468 g/mol. The highest BCUT2D eigenvalue weighted by atomic mass is 16.5. The second-order valence-corrected chi connectivity index (χ2v) is 8.88. The van der Waals surface area contributed by atoms with Gasteiger partial charge in [-0.2, -0.15) is 5.10 Å². The van der Waals surface area contributed by atoms with E-state index >= 15 is 0 Å². The van der Waals surface area contributed by atoms with Crippen LogP contribution in [-0.4, -0.2) is 71.9 Å².